The topological polar surface area (TPSA) is 42.0 Å². The molecule has 1 amide bonds. The Balaban J connectivity index is 1.42. The number of hydrogen-bond donors (Lipinski definition) is 0. The van der Waals surface area contributed by atoms with Gasteiger partial charge in [-0.2, -0.15) is 0 Å². The summed E-state index contributed by atoms with van der Waals surface area (Å²) in [6.07, 6.45) is 3.50. The molecule has 5 nitrogen and oxygen atoms in total. The summed E-state index contributed by atoms with van der Waals surface area (Å²) in [5.74, 6) is 0.0110. The molecule has 0 bridgehead atoms. The lowest BCUT2D eigenvalue weighted by atomic mass is 9.91. The van der Waals surface area contributed by atoms with Crippen LogP contribution in [0.25, 0.3) is 0 Å². The molecule has 5 rings (SSSR count). The first-order valence-corrected chi connectivity index (χ1v) is 11.7. The number of para-hydroxylation sites is 2. The van der Waals surface area contributed by atoms with Gasteiger partial charge in [-0.1, -0.05) is 35.3 Å². The Labute approximate surface area is 192 Å². The van der Waals surface area contributed by atoms with Crippen molar-refractivity contribution in [1.82, 2.24) is 0 Å². The minimum Gasteiger partial charge on any atom is -0.381 e. The van der Waals surface area contributed by atoms with E-state index in [0.717, 1.165) is 23.5 Å². The summed E-state index contributed by atoms with van der Waals surface area (Å²) >= 11 is 12.5. The molecule has 0 atom stereocenters. The van der Waals surface area contributed by atoms with Gasteiger partial charge in [0, 0.05) is 55.2 Å². The average Bonchev–Trinajstić information content (AvgIpc) is 3.64. The van der Waals surface area contributed by atoms with Crippen LogP contribution in [0, 0.1) is 0 Å². The number of benzene rings is 2. The molecule has 3 aliphatic rings. The molecule has 0 unspecified atom stereocenters. The fourth-order valence-corrected chi connectivity index (χ4v) is 4.96. The molecule has 7 heteroatoms. The molecule has 1 aliphatic carbocycles. The molecule has 2 aromatic rings. The van der Waals surface area contributed by atoms with E-state index in [-0.39, 0.29) is 12.5 Å². The van der Waals surface area contributed by atoms with E-state index in [4.69, 9.17) is 32.7 Å². The van der Waals surface area contributed by atoms with Crippen molar-refractivity contribution >= 4 is 40.5 Å². The molecule has 164 valence electrons. The lowest BCUT2D eigenvalue weighted by Crippen LogP contribution is -2.57. The molecular formula is C24H26Cl2N2O3. The third kappa shape index (κ3) is 4.17. The molecule has 0 spiro atoms. The van der Waals surface area contributed by atoms with Crippen molar-refractivity contribution in [2.45, 2.75) is 43.9 Å². The zero-order valence-corrected chi connectivity index (χ0v) is 18.9. The van der Waals surface area contributed by atoms with Gasteiger partial charge in [-0.3, -0.25) is 4.79 Å². The molecule has 1 saturated carbocycles. The van der Waals surface area contributed by atoms with Crippen molar-refractivity contribution in [2.75, 3.05) is 36.1 Å². The van der Waals surface area contributed by atoms with E-state index in [9.17, 15) is 4.79 Å². The number of carbonyl (C=O) groups is 1. The van der Waals surface area contributed by atoms with Crippen LogP contribution in [-0.2, 0) is 20.9 Å². The highest BCUT2D eigenvalue weighted by Crippen LogP contribution is 2.42. The van der Waals surface area contributed by atoms with Crippen molar-refractivity contribution in [1.29, 1.82) is 0 Å². The standard InChI is InChI=1S/C24H26Cl2N2O3/c25-18-5-8-20(26)17(15-18)16-31-24(9-13-30-14-10-24)23(29)28-12-11-27(19-6-7-19)21-3-1-2-4-22(21)28/h1-5,8,15,19H,6-7,9-14,16H2. The smallest absolute Gasteiger partial charge is 0.259 e. The maximum Gasteiger partial charge on any atom is 0.259 e. The van der Waals surface area contributed by atoms with Gasteiger partial charge in [0.15, 0.2) is 5.60 Å². The zero-order valence-electron chi connectivity index (χ0n) is 17.4. The maximum atomic E-state index is 14.0. The number of hydrogen-bond acceptors (Lipinski definition) is 4. The van der Waals surface area contributed by atoms with Crippen molar-refractivity contribution in [2.24, 2.45) is 0 Å². The Hall–Kier alpha value is -1.79. The Morgan fingerprint density at radius 3 is 2.55 bits per heavy atom. The molecule has 2 aromatic carbocycles. The number of carbonyl (C=O) groups excluding carboxylic acids is 1. The van der Waals surface area contributed by atoms with E-state index < -0.39 is 5.60 Å². The van der Waals surface area contributed by atoms with E-state index in [0.29, 0.717) is 48.7 Å². The van der Waals surface area contributed by atoms with Crippen molar-refractivity contribution < 1.29 is 14.3 Å². The summed E-state index contributed by atoms with van der Waals surface area (Å²) in [7, 11) is 0. The number of anilines is 2. The third-order valence-corrected chi connectivity index (χ3v) is 7.09. The zero-order chi connectivity index (χ0) is 21.4. The van der Waals surface area contributed by atoms with Gasteiger partial charge in [-0.15, -0.1) is 0 Å². The first-order valence-electron chi connectivity index (χ1n) is 10.9. The highest BCUT2D eigenvalue weighted by Gasteiger charge is 2.46. The second-order valence-electron chi connectivity index (χ2n) is 8.50. The highest BCUT2D eigenvalue weighted by molar-refractivity contribution is 6.33. The second kappa shape index (κ2) is 8.62. The molecule has 0 aromatic heterocycles. The fraction of sp³-hybridized carbons (Fsp3) is 0.458. The molecule has 1 saturated heterocycles. The molecule has 0 N–H and O–H groups in total. The van der Waals surface area contributed by atoms with E-state index in [1.54, 1.807) is 18.2 Å². The van der Waals surface area contributed by atoms with Crippen LogP contribution in [0.4, 0.5) is 11.4 Å². The van der Waals surface area contributed by atoms with Crippen LogP contribution >= 0.6 is 23.2 Å². The highest BCUT2D eigenvalue weighted by atomic mass is 35.5. The van der Waals surface area contributed by atoms with Crippen LogP contribution < -0.4 is 9.80 Å². The van der Waals surface area contributed by atoms with Crippen molar-refractivity contribution in [3.8, 4) is 0 Å². The van der Waals surface area contributed by atoms with Crippen molar-refractivity contribution in [3.63, 3.8) is 0 Å². The summed E-state index contributed by atoms with van der Waals surface area (Å²) in [4.78, 5) is 18.3. The molecule has 2 fully saturated rings. The van der Waals surface area contributed by atoms with Gasteiger partial charge in [-0.05, 0) is 48.7 Å². The largest absolute Gasteiger partial charge is 0.381 e. The molecule has 31 heavy (non-hydrogen) atoms. The SMILES string of the molecule is O=C(N1CCN(C2CC2)c2ccccc21)C1(OCc2cc(Cl)ccc2Cl)CCOCC1. The number of amides is 1. The van der Waals surface area contributed by atoms with Gasteiger partial charge in [0.05, 0.1) is 18.0 Å². The number of halogens is 2. The summed E-state index contributed by atoms with van der Waals surface area (Å²) in [6.45, 7) is 2.74. The fourth-order valence-electron chi connectivity index (χ4n) is 4.60. The molecular weight excluding hydrogens is 435 g/mol. The number of ether oxygens (including phenoxy) is 2. The van der Waals surface area contributed by atoms with E-state index in [2.05, 4.69) is 11.0 Å². The van der Waals surface area contributed by atoms with Crippen LogP contribution in [0.3, 0.4) is 0 Å². The number of rotatable bonds is 5. The van der Waals surface area contributed by atoms with Crippen LogP contribution in [0.2, 0.25) is 10.0 Å². The van der Waals surface area contributed by atoms with Gasteiger partial charge in [-0.25, -0.2) is 0 Å². The Bertz CT molecular complexity index is 973. The van der Waals surface area contributed by atoms with Crippen molar-refractivity contribution in [3.05, 3.63) is 58.1 Å². The van der Waals surface area contributed by atoms with Crippen LogP contribution in [0.1, 0.15) is 31.2 Å². The normalized spacial score (nSPS) is 20.5. The van der Waals surface area contributed by atoms with Crippen LogP contribution in [-0.4, -0.2) is 43.9 Å². The van der Waals surface area contributed by atoms with E-state index >= 15 is 0 Å². The third-order valence-electron chi connectivity index (χ3n) is 6.48. The van der Waals surface area contributed by atoms with E-state index in [1.807, 2.05) is 23.1 Å². The predicted octanol–water partition coefficient (Wildman–Crippen LogP) is 5.07. The summed E-state index contributed by atoms with van der Waals surface area (Å²) in [6, 6.07) is 14.1. The van der Waals surface area contributed by atoms with Crippen LogP contribution in [0.15, 0.2) is 42.5 Å². The lowest BCUT2D eigenvalue weighted by molar-refractivity contribution is -0.160. The first kappa shape index (κ1) is 21.1. The Kier molecular flexibility index (Phi) is 5.86. The quantitative estimate of drug-likeness (QED) is 0.623. The van der Waals surface area contributed by atoms with Crippen LogP contribution in [0.5, 0.6) is 0 Å². The molecule has 2 aliphatic heterocycles. The average molecular weight is 461 g/mol. The van der Waals surface area contributed by atoms with Gasteiger partial charge in [0.25, 0.3) is 5.91 Å². The van der Waals surface area contributed by atoms with Gasteiger partial charge >= 0.3 is 0 Å². The van der Waals surface area contributed by atoms with E-state index in [1.165, 1.54) is 12.8 Å². The van der Waals surface area contributed by atoms with Gasteiger partial charge in [0.2, 0.25) is 0 Å². The lowest BCUT2D eigenvalue weighted by Gasteiger charge is -2.43. The number of fused-ring (bicyclic) bond motifs is 1. The molecule has 0 radical (unpaired) electrons. The van der Waals surface area contributed by atoms with Gasteiger partial charge < -0.3 is 19.3 Å². The maximum absolute atomic E-state index is 14.0. The Morgan fingerprint density at radius 2 is 1.81 bits per heavy atom. The second-order valence-corrected chi connectivity index (χ2v) is 9.34. The summed E-state index contributed by atoms with van der Waals surface area (Å²) in [5, 5.41) is 1.18. The summed E-state index contributed by atoms with van der Waals surface area (Å²) in [5.41, 5.74) is 1.97. The first-order chi connectivity index (χ1) is 15.1. The Morgan fingerprint density at radius 1 is 1.06 bits per heavy atom. The van der Waals surface area contributed by atoms with Gasteiger partial charge in [0.1, 0.15) is 0 Å². The molecule has 2 heterocycles. The number of nitrogens with zero attached hydrogens (tertiary/aromatic N) is 2. The monoisotopic (exact) mass is 460 g/mol. The summed E-state index contributed by atoms with van der Waals surface area (Å²) < 4.78 is 12.0. The minimum absolute atomic E-state index is 0.0110. The minimum atomic E-state index is -0.932. The predicted molar refractivity (Wildman–Crippen MR) is 123 cm³/mol.